The predicted molar refractivity (Wildman–Crippen MR) is 85.5 cm³/mol. The smallest absolute Gasteiger partial charge is 0.256 e. The highest BCUT2D eigenvalue weighted by Crippen LogP contribution is 2.35. The number of thiophene rings is 1. The van der Waals surface area contributed by atoms with Crippen LogP contribution in [0.3, 0.4) is 0 Å². The van der Waals surface area contributed by atoms with Crippen LogP contribution in [0, 0.1) is 11.3 Å². The minimum absolute atomic E-state index is 0.240. The van der Waals surface area contributed by atoms with Gasteiger partial charge in [0.25, 0.3) is 5.91 Å². The molecule has 0 bridgehead atoms. The molecular weight excluding hydrogens is 284 g/mol. The zero-order chi connectivity index (χ0) is 15.2. The van der Waals surface area contributed by atoms with E-state index in [1.165, 1.54) is 16.9 Å². The number of hydrogen-bond donors (Lipinski definition) is 3. The van der Waals surface area contributed by atoms with E-state index in [0.29, 0.717) is 22.0 Å². The summed E-state index contributed by atoms with van der Waals surface area (Å²) in [6.07, 6.45) is 0.827. The van der Waals surface area contributed by atoms with Crippen molar-refractivity contribution in [3.63, 3.8) is 0 Å². The van der Waals surface area contributed by atoms with Crippen molar-refractivity contribution in [2.75, 3.05) is 24.6 Å². The van der Waals surface area contributed by atoms with Crippen molar-refractivity contribution in [1.82, 2.24) is 5.32 Å². The van der Waals surface area contributed by atoms with Gasteiger partial charge in [-0.25, -0.2) is 0 Å². The van der Waals surface area contributed by atoms with Gasteiger partial charge in [-0.1, -0.05) is 30.3 Å². The van der Waals surface area contributed by atoms with Crippen LogP contribution < -0.4 is 16.4 Å². The SMILES string of the molecule is CNC(=O)c1c(NCCc2ccccc2)sc(C#N)c1N. The maximum Gasteiger partial charge on any atom is 0.256 e. The second-order valence-corrected chi connectivity index (χ2v) is 5.42. The zero-order valence-electron chi connectivity index (χ0n) is 11.6. The Morgan fingerprint density at radius 3 is 2.71 bits per heavy atom. The number of anilines is 2. The van der Waals surface area contributed by atoms with Crippen LogP contribution in [0.5, 0.6) is 0 Å². The molecule has 1 aromatic heterocycles. The van der Waals surface area contributed by atoms with E-state index in [1.54, 1.807) is 7.05 Å². The third kappa shape index (κ3) is 3.33. The number of rotatable bonds is 5. The lowest BCUT2D eigenvalue weighted by Gasteiger charge is -2.07. The molecule has 0 aliphatic rings. The van der Waals surface area contributed by atoms with E-state index >= 15 is 0 Å². The predicted octanol–water partition coefficient (Wildman–Crippen LogP) is 2.22. The number of hydrogen-bond acceptors (Lipinski definition) is 5. The first-order valence-electron chi connectivity index (χ1n) is 6.49. The number of nitrogens with two attached hydrogens (primary N) is 1. The lowest BCUT2D eigenvalue weighted by atomic mass is 10.1. The fourth-order valence-corrected chi connectivity index (χ4v) is 2.91. The van der Waals surface area contributed by atoms with Crippen molar-refractivity contribution in [2.24, 2.45) is 0 Å². The zero-order valence-corrected chi connectivity index (χ0v) is 12.5. The van der Waals surface area contributed by atoms with Crippen LogP contribution >= 0.6 is 11.3 Å². The van der Waals surface area contributed by atoms with Gasteiger partial charge < -0.3 is 16.4 Å². The number of carbonyl (C=O) groups is 1. The van der Waals surface area contributed by atoms with Crippen molar-refractivity contribution >= 4 is 27.9 Å². The Labute approximate surface area is 127 Å². The normalized spacial score (nSPS) is 9.90. The van der Waals surface area contributed by atoms with Crippen LogP contribution in [0.1, 0.15) is 20.8 Å². The Kier molecular flexibility index (Phi) is 4.80. The van der Waals surface area contributed by atoms with E-state index in [9.17, 15) is 4.79 Å². The number of nitriles is 1. The Morgan fingerprint density at radius 2 is 2.10 bits per heavy atom. The molecule has 2 rings (SSSR count). The molecule has 0 saturated heterocycles. The summed E-state index contributed by atoms with van der Waals surface area (Å²) in [5.41, 5.74) is 7.66. The van der Waals surface area contributed by atoms with Crippen molar-refractivity contribution in [3.8, 4) is 6.07 Å². The van der Waals surface area contributed by atoms with E-state index in [1.807, 2.05) is 36.4 Å². The summed E-state index contributed by atoms with van der Waals surface area (Å²) in [5.74, 6) is -0.285. The van der Waals surface area contributed by atoms with E-state index in [2.05, 4.69) is 10.6 Å². The Morgan fingerprint density at radius 1 is 1.38 bits per heavy atom. The molecule has 1 aromatic carbocycles. The first-order valence-corrected chi connectivity index (χ1v) is 7.31. The van der Waals surface area contributed by atoms with Crippen LogP contribution in [0.15, 0.2) is 30.3 Å². The average molecular weight is 300 g/mol. The summed E-state index contributed by atoms with van der Waals surface area (Å²) in [6.45, 7) is 0.666. The molecule has 5 nitrogen and oxygen atoms in total. The van der Waals surface area contributed by atoms with Crippen LogP contribution in [0.4, 0.5) is 10.7 Å². The van der Waals surface area contributed by atoms with Gasteiger partial charge in [-0.15, -0.1) is 11.3 Å². The maximum absolute atomic E-state index is 11.9. The van der Waals surface area contributed by atoms with Gasteiger partial charge in [-0.2, -0.15) is 5.26 Å². The number of nitrogens with one attached hydrogen (secondary N) is 2. The van der Waals surface area contributed by atoms with Gasteiger partial charge in [-0.05, 0) is 12.0 Å². The fraction of sp³-hybridized carbons (Fsp3) is 0.200. The number of nitrogens with zero attached hydrogens (tertiary/aromatic N) is 1. The van der Waals surface area contributed by atoms with Crippen LogP contribution in [0.2, 0.25) is 0 Å². The van der Waals surface area contributed by atoms with Crippen LogP contribution in [0.25, 0.3) is 0 Å². The van der Waals surface area contributed by atoms with Gasteiger partial charge in [0.2, 0.25) is 0 Å². The Balaban J connectivity index is 2.12. The Bertz CT molecular complexity index is 673. The van der Waals surface area contributed by atoms with Gasteiger partial charge in [0, 0.05) is 13.6 Å². The molecule has 0 aliphatic carbocycles. The summed E-state index contributed by atoms with van der Waals surface area (Å²) >= 11 is 1.21. The van der Waals surface area contributed by atoms with E-state index in [0.717, 1.165) is 6.42 Å². The first kappa shape index (κ1) is 14.9. The summed E-state index contributed by atoms with van der Waals surface area (Å²) in [6, 6.07) is 12.1. The number of carbonyl (C=O) groups excluding carboxylic acids is 1. The first-order chi connectivity index (χ1) is 10.2. The average Bonchev–Trinajstić information content (AvgIpc) is 2.83. The van der Waals surface area contributed by atoms with Crippen molar-refractivity contribution in [2.45, 2.75) is 6.42 Å². The molecule has 0 fully saturated rings. The summed E-state index contributed by atoms with van der Waals surface area (Å²) in [4.78, 5) is 12.2. The standard InChI is InChI=1S/C15H16N4OS/c1-18-14(20)12-13(17)11(9-16)21-15(12)19-8-7-10-5-3-2-4-6-10/h2-6,19H,7-8,17H2,1H3,(H,18,20). The molecule has 0 spiro atoms. The molecule has 108 valence electrons. The van der Waals surface area contributed by atoms with Crippen molar-refractivity contribution < 1.29 is 4.79 Å². The third-order valence-corrected chi connectivity index (χ3v) is 4.11. The van der Waals surface area contributed by atoms with Crippen molar-refractivity contribution in [3.05, 3.63) is 46.3 Å². The van der Waals surface area contributed by atoms with Crippen LogP contribution in [-0.2, 0) is 6.42 Å². The van der Waals surface area contributed by atoms with Gasteiger partial charge in [0.15, 0.2) is 0 Å². The monoisotopic (exact) mass is 300 g/mol. The molecule has 4 N–H and O–H groups in total. The lowest BCUT2D eigenvalue weighted by molar-refractivity contribution is 0.0965. The van der Waals surface area contributed by atoms with Crippen molar-refractivity contribution in [1.29, 1.82) is 5.26 Å². The van der Waals surface area contributed by atoms with Crippen LogP contribution in [-0.4, -0.2) is 19.5 Å². The third-order valence-electron chi connectivity index (χ3n) is 3.04. The Hall–Kier alpha value is -2.52. The molecule has 0 radical (unpaired) electrons. The van der Waals surface area contributed by atoms with E-state index < -0.39 is 0 Å². The lowest BCUT2D eigenvalue weighted by Crippen LogP contribution is -2.20. The quantitative estimate of drug-likeness (QED) is 0.789. The van der Waals surface area contributed by atoms with E-state index in [4.69, 9.17) is 11.0 Å². The molecule has 0 atom stereocenters. The molecule has 0 aliphatic heterocycles. The second kappa shape index (κ2) is 6.77. The fourth-order valence-electron chi connectivity index (χ4n) is 1.97. The molecule has 21 heavy (non-hydrogen) atoms. The highest BCUT2D eigenvalue weighted by molar-refractivity contribution is 7.17. The topological polar surface area (TPSA) is 90.9 Å². The minimum atomic E-state index is -0.285. The molecule has 2 aromatic rings. The van der Waals surface area contributed by atoms with Gasteiger partial charge in [0.05, 0.1) is 11.3 Å². The summed E-state index contributed by atoms with van der Waals surface area (Å²) in [7, 11) is 1.54. The second-order valence-electron chi connectivity index (χ2n) is 4.40. The molecule has 1 heterocycles. The molecule has 1 amide bonds. The van der Waals surface area contributed by atoms with E-state index in [-0.39, 0.29) is 11.6 Å². The molecule has 0 unspecified atom stereocenters. The van der Waals surface area contributed by atoms with Gasteiger partial charge in [-0.3, -0.25) is 4.79 Å². The van der Waals surface area contributed by atoms with Gasteiger partial charge >= 0.3 is 0 Å². The largest absolute Gasteiger partial charge is 0.396 e. The highest BCUT2D eigenvalue weighted by Gasteiger charge is 2.20. The maximum atomic E-state index is 11.9. The van der Waals surface area contributed by atoms with Gasteiger partial charge in [0.1, 0.15) is 15.9 Å². The summed E-state index contributed by atoms with van der Waals surface area (Å²) < 4.78 is 0. The highest BCUT2D eigenvalue weighted by atomic mass is 32.1. The number of nitrogen functional groups attached to an aromatic ring is 1. The molecule has 6 heteroatoms. The molecular formula is C15H16N4OS. The number of amides is 1. The minimum Gasteiger partial charge on any atom is -0.396 e. The number of benzene rings is 1. The summed E-state index contributed by atoms with van der Waals surface area (Å²) in [5, 5.41) is 15.4. The molecule has 0 saturated carbocycles.